The number of carbonyl (C=O) groups is 2. The van der Waals surface area contributed by atoms with Crippen molar-refractivity contribution in [3.63, 3.8) is 0 Å². The fraction of sp³-hybridized carbons (Fsp3) is 0.208. The topological polar surface area (TPSA) is 96.2 Å². The molecule has 0 saturated heterocycles. The van der Waals surface area contributed by atoms with Gasteiger partial charge < -0.3 is 4.74 Å². The van der Waals surface area contributed by atoms with Gasteiger partial charge in [-0.25, -0.2) is 4.90 Å². The molecule has 1 unspecified atom stereocenters. The normalized spacial score (nSPS) is 14.3. The van der Waals surface area contributed by atoms with Gasteiger partial charge in [0.05, 0.1) is 16.8 Å². The molecule has 1 aromatic heterocycles. The number of hydrogen-bond acceptors (Lipinski definition) is 6. The van der Waals surface area contributed by atoms with Crippen LogP contribution in [0, 0.1) is 6.92 Å². The number of hydrogen-bond donors (Lipinski definition) is 1. The lowest BCUT2D eigenvalue weighted by molar-refractivity contribution is -0.763. The summed E-state index contributed by atoms with van der Waals surface area (Å²) < 4.78 is 7.10. The average Bonchev–Trinajstić information content (AvgIpc) is 2.77. The molecule has 1 aliphatic heterocycles. The summed E-state index contributed by atoms with van der Waals surface area (Å²) in [5, 5.41) is 5.08. The first-order valence-electron chi connectivity index (χ1n) is 10.3. The molecular weight excluding hydrogens is 440 g/mol. The van der Waals surface area contributed by atoms with Gasteiger partial charge in [0.1, 0.15) is 5.75 Å². The molecule has 9 heteroatoms. The van der Waals surface area contributed by atoms with Gasteiger partial charge >= 0.3 is 17.2 Å². The lowest BCUT2D eigenvalue weighted by atomic mass is 9.99. The van der Waals surface area contributed by atoms with Crippen molar-refractivity contribution in [1.29, 1.82) is 0 Å². The van der Waals surface area contributed by atoms with E-state index in [4.69, 9.17) is 9.84 Å². The van der Waals surface area contributed by atoms with Crippen LogP contribution in [0.25, 0.3) is 11.3 Å². The highest BCUT2D eigenvalue weighted by atomic mass is 32.2. The number of anilines is 1. The molecule has 0 aliphatic carbocycles. The number of H-pyrrole nitrogens is 1. The highest BCUT2D eigenvalue weighted by molar-refractivity contribution is 7.99. The van der Waals surface area contributed by atoms with E-state index >= 15 is 0 Å². The zero-order valence-electron chi connectivity index (χ0n) is 18.5. The van der Waals surface area contributed by atoms with E-state index in [1.807, 2.05) is 19.1 Å². The number of rotatable bonds is 5. The minimum absolute atomic E-state index is 0.247. The Balaban J connectivity index is 2.08. The molecule has 2 aromatic carbocycles. The smallest absolute Gasteiger partial charge is 0.325 e. The van der Waals surface area contributed by atoms with Crippen molar-refractivity contribution < 1.29 is 19.0 Å². The number of aromatic nitrogens is 3. The fourth-order valence-corrected chi connectivity index (χ4v) is 4.54. The molecule has 8 nitrogen and oxygen atoms in total. The first-order valence-corrected chi connectivity index (χ1v) is 11.3. The van der Waals surface area contributed by atoms with Crippen LogP contribution in [0.5, 0.6) is 5.75 Å². The van der Waals surface area contributed by atoms with Crippen LogP contribution in [0.4, 0.5) is 5.69 Å². The van der Waals surface area contributed by atoms with Crippen LogP contribution in [0.15, 0.2) is 65.1 Å². The summed E-state index contributed by atoms with van der Waals surface area (Å²) in [6, 6.07) is 12.6. The second-order valence-electron chi connectivity index (χ2n) is 7.52. The van der Waals surface area contributed by atoms with Gasteiger partial charge in [-0.05, 0) is 35.4 Å². The number of benzene rings is 2. The third-order valence-electron chi connectivity index (χ3n) is 5.20. The highest BCUT2D eigenvalue weighted by Gasteiger charge is 2.46. The van der Waals surface area contributed by atoms with E-state index in [2.05, 4.69) is 11.6 Å². The lowest BCUT2D eigenvalue weighted by Gasteiger charge is -2.32. The summed E-state index contributed by atoms with van der Waals surface area (Å²) in [5.74, 6) is 0.149. The fourth-order valence-electron chi connectivity index (χ4n) is 3.96. The number of carbonyl (C=O) groups excluding carboxylic acids is 2. The molecule has 33 heavy (non-hydrogen) atoms. The molecule has 1 atom stereocenters. The zero-order chi connectivity index (χ0) is 23.7. The van der Waals surface area contributed by atoms with Crippen LogP contribution in [-0.2, 0) is 9.59 Å². The zero-order valence-corrected chi connectivity index (χ0v) is 19.3. The maximum Gasteiger partial charge on any atom is 0.325 e. The highest BCUT2D eigenvalue weighted by Crippen LogP contribution is 2.40. The van der Waals surface area contributed by atoms with E-state index < -0.39 is 12.1 Å². The number of nitrogens with zero attached hydrogens (tertiary/aromatic N) is 3. The van der Waals surface area contributed by atoms with E-state index in [-0.39, 0.29) is 11.5 Å². The van der Waals surface area contributed by atoms with Gasteiger partial charge in [-0.2, -0.15) is 0 Å². The van der Waals surface area contributed by atoms with Crippen molar-refractivity contribution in [2.24, 2.45) is 0 Å². The SMILES string of the molecule is C=CCSc1n[n+]2c(c(=O)[nH]1)-c1ccccc1N(C(C)=O)C2c1cccc(C)c1OC(C)=O. The van der Waals surface area contributed by atoms with Crippen LogP contribution in [0.2, 0.25) is 0 Å². The van der Waals surface area contributed by atoms with Crippen molar-refractivity contribution in [1.82, 2.24) is 10.1 Å². The van der Waals surface area contributed by atoms with Gasteiger partial charge in [-0.3, -0.25) is 19.4 Å². The molecule has 0 spiro atoms. The number of para-hydroxylation sites is 2. The van der Waals surface area contributed by atoms with Crippen molar-refractivity contribution in [2.75, 3.05) is 10.7 Å². The van der Waals surface area contributed by atoms with Crippen LogP contribution in [0.3, 0.4) is 0 Å². The number of amides is 1. The Kier molecular flexibility index (Phi) is 6.15. The number of nitrogens with one attached hydrogen (secondary N) is 1. The standard InChI is InChI=1S/C24H22N4O4S/c1-5-13-33-24-25-22(31)20-17-10-6-7-12-19(17)27(15(3)29)23(28(20)26-24)18-11-8-9-14(2)21(18)32-16(4)30/h5-12,23H,1,13H2,2-4H3/p+1. The lowest BCUT2D eigenvalue weighted by Crippen LogP contribution is -2.60. The van der Waals surface area contributed by atoms with E-state index in [1.165, 1.54) is 30.3 Å². The van der Waals surface area contributed by atoms with Gasteiger partial charge in [0.25, 0.3) is 6.17 Å². The molecule has 1 N–H and O–H groups in total. The van der Waals surface area contributed by atoms with Gasteiger partial charge in [0.2, 0.25) is 11.1 Å². The molecule has 3 aromatic rings. The number of thioether (sulfide) groups is 1. The van der Waals surface area contributed by atoms with Crippen molar-refractivity contribution in [3.05, 3.63) is 76.6 Å². The molecule has 2 heterocycles. The van der Waals surface area contributed by atoms with E-state index in [9.17, 15) is 14.4 Å². The Bertz CT molecular complexity index is 1330. The summed E-state index contributed by atoms with van der Waals surface area (Å²) in [6.45, 7) is 8.31. The summed E-state index contributed by atoms with van der Waals surface area (Å²) in [4.78, 5) is 42.5. The second-order valence-corrected chi connectivity index (χ2v) is 8.53. The van der Waals surface area contributed by atoms with Crippen molar-refractivity contribution in [2.45, 2.75) is 32.1 Å². The molecule has 1 amide bonds. The Morgan fingerprint density at radius 1 is 1.24 bits per heavy atom. The molecule has 0 radical (unpaired) electrons. The van der Waals surface area contributed by atoms with Crippen LogP contribution >= 0.6 is 11.8 Å². The largest absolute Gasteiger partial charge is 0.426 e. The summed E-state index contributed by atoms with van der Waals surface area (Å²) in [6.07, 6.45) is 0.870. The number of aromatic amines is 1. The molecular formula is C24H23N4O4S+. The maximum atomic E-state index is 13.2. The Morgan fingerprint density at radius 3 is 2.70 bits per heavy atom. The minimum Gasteiger partial charge on any atom is -0.426 e. The van der Waals surface area contributed by atoms with Crippen molar-refractivity contribution in [3.8, 4) is 17.0 Å². The molecule has 4 rings (SSSR count). The van der Waals surface area contributed by atoms with Gasteiger partial charge in [0, 0.05) is 24.7 Å². The summed E-state index contributed by atoms with van der Waals surface area (Å²) >= 11 is 1.32. The Labute approximate surface area is 194 Å². The molecule has 0 fully saturated rings. The summed E-state index contributed by atoms with van der Waals surface area (Å²) in [5.41, 5.74) is 2.39. The molecule has 1 aliphatic rings. The second kappa shape index (κ2) is 9.03. The predicted octanol–water partition coefficient (Wildman–Crippen LogP) is 3.15. The number of fused-ring (bicyclic) bond motifs is 3. The molecule has 0 bridgehead atoms. The summed E-state index contributed by atoms with van der Waals surface area (Å²) in [7, 11) is 0. The van der Waals surface area contributed by atoms with Crippen LogP contribution in [-0.4, -0.2) is 27.7 Å². The maximum absolute atomic E-state index is 13.2. The minimum atomic E-state index is -0.841. The van der Waals surface area contributed by atoms with Crippen molar-refractivity contribution >= 4 is 29.3 Å². The van der Waals surface area contributed by atoms with E-state index in [0.717, 1.165) is 5.56 Å². The predicted molar refractivity (Wildman–Crippen MR) is 125 cm³/mol. The number of aryl methyl sites for hydroxylation is 1. The number of ether oxygens (including phenoxy) is 1. The van der Waals surface area contributed by atoms with Crippen LogP contribution in [0.1, 0.15) is 31.1 Å². The van der Waals surface area contributed by atoms with Crippen LogP contribution < -0.4 is 19.9 Å². The quantitative estimate of drug-likeness (QED) is 0.205. The van der Waals surface area contributed by atoms with Gasteiger partial charge in [-0.1, -0.05) is 42.1 Å². The first-order chi connectivity index (χ1) is 15.8. The average molecular weight is 464 g/mol. The third kappa shape index (κ3) is 4.07. The van der Waals surface area contributed by atoms with E-state index in [1.54, 1.807) is 41.3 Å². The molecule has 168 valence electrons. The van der Waals surface area contributed by atoms with Gasteiger partial charge in [-0.15, -0.1) is 6.58 Å². The Hall–Kier alpha value is -3.72. The monoisotopic (exact) mass is 463 g/mol. The third-order valence-corrected chi connectivity index (χ3v) is 6.06. The first kappa shape index (κ1) is 22.5. The molecule has 0 saturated carbocycles. The van der Waals surface area contributed by atoms with E-state index in [0.29, 0.717) is 39.2 Å². The Morgan fingerprint density at radius 2 is 2.00 bits per heavy atom. The number of esters is 1. The van der Waals surface area contributed by atoms with Gasteiger partial charge in [0.15, 0.2) is 0 Å².